The summed E-state index contributed by atoms with van der Waals surface area (Å²) < 4.78 is 0. The average molecular weight is 783 g/mol. The highest BCUT2D eigenvalue weighted by atomic mass is 14.2. The third kappa shape index (κ3) is 5.27. The Labute approximate surface area is 359 Å². The molecule has 0 N–H and O–H groups in total. The lowest BCUT2D eigenvalue weighted by molar-refractivity contribution is 1.63. The molecule has 0 saturated heterocycles. The van der Waals surface area contributed by atoms with Crippen LogP contribution in [-0.2, 0) is 0 Å². The van der Waals surface area contributed by atoms with Gasteiger partial charge in [-0.15, -0.1) is 0 Å². The van der Waals surface area contributed by atoms with E-state index in [-0.39, 0.29) is 0 Å². The first-order chi connectivity index (χ1) is 30.8. The molecule has 0 aromatic heterocycles. The highest BCUT2D eigenvalue weighted by Crippen LogP contribution is 2.48. The Bertz CT molecular complexity index is 3780. The van der Waals surface area contributed by atoms with Crippen LogP contribution in [0.1, 0.15) is 0 Å². The van der Waals surface area contributed by atoms with Crippen LogP contribution in [0, 0.1) is 0 Å². The van der Waals surface area contributed by atoms with Gasteiger partial charge in [-0.2, -0.15) is 0 Å². The van der Waals surface area contributed by atoms with Crippen LogP contribution >= 0.6 is 0 Å². The van der Waals surface area contributed by atoms with Crippen molar-refractivity contribution in [2.75, 3.05) is 0 Å². The van der Waals surface area contributed by atoms with Crippen LogP contribution in [0.15, 0.2) is 231 Å². The quantitative estimate of drug-likeness (QED) is 0.123. The van der Waals surface area contributed by atoms with Gasteiger partial charge in [0.15, 0.2) is 0 Å². The lowest BCUT2D eigenvalue weighted by Crippen LogP contribution is -1.93. The summed E-state index contributed by atoms with van der Waals surface area (Å²) >= 11 is 0. The van der Waals surface area contributed by atoms with Gasteiger partial charge in [0.2, 0.25) is 0 Å². The van der Waals surface area contributed by atoms with E-state index in [2.05, 4.69) is 231 Å². The third-order valence-corrected chi connectivity index (χ3v) is 13.4. The minimum absolute atomic E-state index is 1.21. The van der Waals surface area contributed by atoms with Crippen molar-refractivity contribution < 1.29 is 0 Å². The molecule has 13 aromatic carbocycles. The molecule has 13 aromatic rings. The van der Waals surface area contributed by atoms with Crippen LogP contribution in [0.3, 0.4) is 0 Å². The van der Waals surface area contributed by atoms with E-state index in [0.29, 0.717) is 0 Å². The number of fused-ring (bicyclic) bond motifs is 14. The minimum atomic E-state index is 1.21. The molecule has 0 heterocycles. The largest absolute Gasteiger partial charge is 0.0622 e. The van der Waals surface area contributed by atoms with E-state index in [1.807, 2.05) is 0 Å². The summed E-state index contributed by atoms with van der Waals surface area (Å²) in [6.45, 7) is 0. The van der Waals surface area contributed by atoms with Crippen LogP contribution in [0.5, 0.6) is 0 Å². The Hall–Kier alpha value is -8.06. The smallest absolute Gasteiger partial charge is 0.00257 e. The lowest BCUT2D eigenvalue weighted by Gasteiger charge is -2.21. The van der Waals surface area contributed by atoms with Gasteiger partial charge in [-0.05, 0) is 155 Å². The normalized spacial score (nSPS) is 11.9. The maximum Gasteiger partial charge on any atom is -0.00257 e. The number of rotatable bonds is 4. The minimum Gasteiger partial charge on any atom is -0.0622 e. The van der Waals surface area contributed by atoms with Gasteiger partial charge in [0.05, 0.1) is 0 Å². The van der Waals surface area contributed by atoms with E-state index in [1.54, 1.807) is 0 Å². The highest BCUT2D eigenvalue weighted by Gasteiger charge is 2.21. The fourth-order valence-corrected chi connectivity index (χ4v) is 10.6. The molecule has 0 spiro atoms. The molecule has 286 valence electrons. The first-order valence-corrected chi connectivity index (χ1v) is 21.6. The first kappa shape index (κ1) is 34.8. The molecule has 0 amide bonds. The van der Waals surface area contributed by atoms with E-state index in [4.69, 9.17) is 0 Å². The van der Waals surface area contributed by atoms with E-state index >= 15 is 0 Å². The Kier molecular flexibility index (Phi) is 7.71. The van der Waals surface area contributed by atoms with E-state index in [9.17, 15) is 0 Å². The van der Waals surface area contributed by atoms with Crippen molar-refractivity contribution in [3.05, 3.63) is 231 Å². The molecule has 0 nitrogen and oxygen atoms in total. The van der Waals surface area contributed by atoms with Gasteiger partial charge < -0.3 is 0 Å². The monoisotopic (exact) mass is 782 g/mol. The molecule has 0 radical (unpaired) electrons. The standard InChI is InChI=1S/C62H38/c1-3-15-39(16-4-1)41-27-33-55-59(35-41)62(44-30-32-54-50-24-10-8-20-46(50)48-22-12-14-26-52(48)58(54)38-44)60-36-42(40-17-5-2-6-18-40)28-34-56(60)61(55)43-29-31-53-49-23-9-7-19-45(49)47-21-11-13-25-51(47)57(53)37-43/h1-38H. The third-order valence-electron chi connectivity index (χ3n) is 13.4. The average Bonchev–Trinajstić information content (AvgIpc) is 3.35. The van der Waals surface area contributed by atoms with Gasteiger partial charge in [0, 0.05) is 0 Å². The number of hydrogen-bond donors (Lipinski definition) is 0. The Balaban J connectivity index is 1.18. The number of hydrogen-bond acceptors (Lipinski definition) is 0. The molecule has 0 aliphatic carbocycles. The Morgan fingerprint density at radius 1 is 0.129 bits per heavy atom. The first-order valence-electron chi connectivity index (χ1n) is 21.6. The van der Waals surface area contributed by atoms with Crippen molar-refractivity contribution in [1.29, 1.82) is 0 Å². The van der Waals surface area contributed by atoms with Crippen molar-refractivity contribution in [2.24, 2.45) is 0 Å². The predicted octanol–water partition coefficient (Wildman–Crippen LogP) is 17.6. The summed E-state index contributed by atoms with van der Waals surface area (Å²) in [5, 5.41) is 20.4. The second-order valence-corrected chi connectivity index (χ2v) is 16.7. The van der Waals surface area contributed by atoms with Gasteiger partial charge in [-0.25, -0.2) is 0 Å². The van der Waals surface area contributed by atoms with Crippen LogP contribution < -0.4 is 0 Å². The van der Waals surface area contributed by atoms with Crippen LogP contribution in [0.4, 0.5) is 0 Å². The molecule has 0 fully saturated rings. The van der Waals surface area contributed by atoms with Gasteiger partial charge in [0.1, 0.15) is 0 Å². The predicted molar refractivity (Wildman–Crippen MR) is 268 cm³/mol. The Morgan fingerprint density at radius 2 is 0.371 bits per heavy atom. The van der Waals surface area contributed by atoms with Crippen molar-refractivity contribution in [3.8, 4) is 44.5 Å². The van der Waals surface area contributed by atoms with Crippen LogP contribution in [0.2, 0.25) is 0 Å². The zero-order valence-electron chi connectivity index (χ0n) is 33.9. The summed E-state index contributed by atoms with van der Waals surface area (Å²) in [7, 11) is 0. The van der Waals surface area contributed by atoms with E-state index in [1.165, 1.54) is 131 Å². The second kappa shape index (κ2) is 13.7. The zero-order valence-corrected chi connectivity index (χ0v) is 33.9. The summed E-state index contributed by atoms with van der Waals surface area (Å²) in [5.74, 6) is 0. The molecular formula is C62H38. The fourth-order valence-electron chi connectivity index (χ4n) is 10.6. The van der Waals surface area contributed by atoms with Gasteiger partial charge in [-0.3, -0.25) is 0 Å². The SMILES string of the molecule is c1ccc(-c2ccc3c(-c4ccc5c6ccccc6c6ccccc6c5c4)c4ccc(-c5ccccc5)cc4c(-c4ccc5c6ccccc6c6ccccc6c5c4)c3c2)cc1. The summed E-state index contributed by atoms with van der Waals surface area (Å²) in [6, 6.07) is 85.9. The molecular weight excluding hydrogens is 745 g/mol. The van der Waals surface area contributed by atoms with E-state index in [0.717, 1.165) is 0 Å². The molecule has 0 aliphatic heterocycles. The highest BCUT2D eigenvalue weighted by molar-refractivity contribution is 6.29. The molecule has 0 bridgehead atoms. The molecule has 0 atom stereocenters. The summed E-state index contributed by atoms with van der Waals surface area (Å²) in [4.78, 5) is 0. The zero-order chi connectivity index (χ0) is 40.7. The van der Waals surface area contributed by atoms with Gasteiger partial charge in [-0.1, -0.05) is 206 Å². The van der Waals surface area contributed by atoms with Crippen molar-refractivity contribution in [3.63, 3.8) is 0 Å². The van der Waals surface area contributed by atoms with Crippen molar-refractivity contribution >= 4 is 86.2 Å². The number of benzene rings is 13. The van der Waals surface area contributed by atoms with Crippen LogP contribution in [0.25, 0.3) is 131 Å². The topological polar surface area (TPSA) is 0 Å². The molecule has 0 unspecified atom stereocenters. The molecule has 13 rings (SSSR count). The van der Waals surface area contributed by atoms with Gasteiger partial charge in [0.25, 0.3) is 0 Å². The summed E-state index contributed by atoms with van der Waals surface area (Å²) in [5.41, 5.74) is 9.77. The van der Waals surface area contributed by atoms with Crippen LogP contribution in [-0.4, -0.2) is 0 Å². The summed E-state index contributed by atoms with van der Waals surface area (Å²) in [6.07, 6.45) is 0. The molecule has 0 heteroatoms. The maximum absolute atomic E-state index is 2.47. The van der Waals surface area contributed by atoms with Gasteiger partial charge >= 0.3 is 0 Å². The lowest BCUT2D eigenvalue weighted by atomic mass is 9.82. The fraction of sp³-hybridized carbons (Fsp3) is 0. The van der Waals surface area contributed by atoms with Crippen molar-refractivity contribution in [1.82, 2.24) is 0 Å². The maximum atomic E-state index is 2.47. The molecule has 0 saturated carbocycles. The molecule has 62 heavy (non-hydrogen) atoms. The Morgan fingerprint density at radius 3 is 0.726 bits per heavy atom. The molecule has 0 aliphatic rings. The second-order valence-electron chi connectivity index (χ2n) is 16.7. The van der Waals surface area contributed by atoms with Crippen molar-refractivity contribution in [2.45, 2.75) is 0 Å². The van der Waals surface area contributed by atoms with E-state index < -0.39 is 0 Å².